The number of hydrogen-bond acceptors (Lipinski definition) is 8. The molecule has 1 saturated heterocycles. The molecule has 3 aromatic carbocycles. The minimum Gasteiger partial charge on any atom is -0.493 e. The Morgan fingerprint density at radius 2 is 1.56 bits per heavy atom. The summed E-state index contributed by atoms with van der Waals surface area (Å²) in [5.74, 6) is 2.23. The SMILES string of the molecule is COc1ccc(S(=O)(=O)N(C)c2ccc(C(=O)N3CCN(Cc4ccc5c(c4)OCO5)CC3)cc2)cc1OC. The van der Waals surface area contributed by atoms with Crippen LogP contribution in [-0.2, 0) is 16.6 Å². The maximum absolute atomic E-state index is 13.2. The molecule has 0 aliphatic carbocycles. The first kappa shape index (κ1) is 26.6. The minimum atomic E-state index is -3.86. The summed E-state index contributed by atoms with van der Waals surface area (Å²) in [6.45, 7) is 3.76. The monoisotopic (exact) mass is 553 g/mol. The summed E-state index contributed by atoms with van der Waals surface area (Å²) in [4.78, 5) is 17.3. The van der Waals surface area contributed by atoms with Crippen LogP contribution in [-0.4, -0.2) is 78.4 Å². The second-order valence-corrected chi connectivity index (χ2v) is 11.3. The summed E-state index contributed by atoms with van der Waals surface area (Å²) in [5, 5.41) is 0. The van der Waals surface area contributed by atoms with E-state index in [0.717, 1.165) is 36.7 Å². The van der Waals surface area contributed by atoms with Crippen LogP contribution >= 0.6 is 0 Å². The fraction of sp³-hybridized carbons (Fsp3) is 0.321. The molecule has 0 atom stereocenters. The first-order valence-corrected chi connectivity index (χ1v) is 14.0. The highest BCUT2D eigenvalue weighted by molar-refractivity contribution is 7.92. The van der Waals surface area contributed by atoms with Gasteiger partial charge in [0.05, 0.1) is 24.8 Å². The highest BCUT2D eigenvalue weighted by Gasteiger charge is 2.25. The minimum absolute atomic E-state index is 0.0708. The Kier molecular flexibility index (Phi) is 7.53. The van der Waals surface area contributed by atoms with E-state index < -0.39 is 10.0 Å². The van der Waals surface area contributed by atoms with Gasteiger partial charge in [0.1, 0.15) is 0 Å². The van der Waals surface area contributed by atoms with E-state index in [1.165, 1.54) is 37.7 Å². The van der Waals surface area contributed by atoms with Crippen molar-refractivity contribution < 1.29 is 32.2 Å². The highest BCUT2D eigenvalue weighted by atomic mass is 32.2. The van der Waals surface area contributed by atoms with E-state index in [4.69, 9.17) is 18.9 Å². The van der Waals surface area contributed by atoms with Gasteiger partial charge in [-0.1, -0.05) is 6.07 Å². The first-order chi connectivity index (χ1) is 18.8. The van der Waals surface area contributed by atoms with E-state index in [2.05, 4.69) is 4.90 Å². The average Bonchev–Trinajstić information content (AvgIpc) is 3.44. The van der Waals surface area contributed by atoms with Crippen LogP contribution in [0.25, 0.3) is 0 Å². The molecule has 1 amide bonds. The fourth-order valence-corrected chi connectivity index (χ4v) is 5.89. The quantitative estimate of drug-likeness (QED) is 0.420. The highest BCUT2D eigenvalue weighted by Crippen LogP contribution is 2.33. The molecule has 2 aliphatic heterocycles. The number of rotatable bonds is 8. The van der Waals surface area contributed by atoms with Gasteiger partial charge in [-0.05, 0) is 54.1 Å². The summed E-state index contributed by atoms with van der Waals surface area (Å²) in [7, 11) is 0.557. The Balaban J connectivity index is 1.20. The molecular formula is C28H31N3O7S. The average molecular weight is 554 g/mol. The molecule has 0 bridgehead atoms. The molecule has 11 heteroatoms. The second kappa shape index (κ2) is 11.0. The van der Waals surface area contributed by atoms with Crippen molar-refractivity contribution in [1.82, 2.24) is 9.80 Å². The molecule has 0 spiro atoms. The molecule has 2 heterocycles. The molecule has 3 aromatic rings. The molecule has 39 heavy (non-hydrogen) atoms. The molecule has 2 aliphatic rings. The Labute approximate surface area is 228 Å². The van der Waals surface area contributed by atoms with Gasteiger partial charge in [0.25, 0.3) is 15.9 Å². The standard InChI is InChI=1S/C28H31N3O7S/c1-29(39(33,34)23-9-11-24(35-2)26(17-23)36-3)22-7-5-21(6-8-22)28(32)31-14-12-30(13-15-31)18-20-4-10-25-27(16-20)38-19-37-25/h4-11,16-17H,12-15,18-19H2,1-3H3. The van der Waals surface area contributed by atoms with Crippen molar-refractivity contribution in [3.8, 4) is 23.0 Å². The van der Waals surface area contributed by atoms with Crippen LogP contribution in [0.1, 0.15) is 15.9 Å². The molecule has 0 aromatic heterocycles. The molecule has 0 saturated carbocycles. The van der Waals surface area contributed by atoms with Crippen LogP contribution in [0.15, 0.2) is 65.6 Å². The van der Waals surface area contributed by atoms with Gasteiger partial charge in [0, 0.05) is 51.4 Å². The van der Waals surface area contributed by atoms with Gasteiger partial charge < -0.3 is 23.8 Å². The lowest BCUT2D eigenvalue weighted by atomic mass is 10.1. The van der Waals surface area contributed by atoms with Gasteiger partial charge in [-0.25, -0.2) is 8.42 Å². The normalized spacial score (nSPS) is 15.2. The summed E-state index contributed by atoms with van der Waals surface area (Å²) >= 11 is 0. The molecule has 1 fully saturated rings. The first-order valence-electron chi connectivity index (χ1n) is 12.5. The zero-order valence-electron chi connectivity index (χ0n) is 22.1. The number of fused-ring (bicyclic) bond motifs is 1. The van der Waals surface area contributed by atoms with Gasteiger partial charge in [-0.15, -0.1) is 0 Å². The van der Waals surface area contributed by atoms with Crippen LogP contribution in [0.2, 0.25) is 0 Å². The van der Waals surface area contributed by atoms with Crippen molar-refractivity contribution in [3.05, 3.63) is 71.8 Å². The number of benzene rings is 3. The molecule has 10 nitrogen and oxygen atoms in total. The van der Waals surface area contributed by atoms with Crippen LogP contribution < -0.4 is 23.3 Å². The number of amides is 1. The molecule has 0 N–H and O–H groups in total. The maximum atomic E-state index is 13.2. The predicted molar refractivity (Wildman–Crippen MR) is 145 cm³/mol. The molecule has 0 unspecified atom stereocenters. The van der Waals surface area contributed by atoms with E-state index in [1.807, 2.05) is 23.1 Å². The summed E-state index contributed by atoms with van der Waals surface area (Å²) in [6, 6.07) is 17.0. The Hall–Kier alpha value is -3.96. The van der Waals surface area contributed by atoms with E-state index in [-0.39, 0.29) is 17.6 Å². The number of hydrogen-bond donors (Lipinski definition) is 0. The third-order valence-corrected chi connectivity index (χ3v) is 8.78. The van der Waals surface area contributed by atoms with Gasteiger partial charge in [-0.3, -0.25) is 14.0 Å². The van der Waals surface area contributed by atoms with Crippen molar-refractivity contribution in [1.29, 1.82) is 0 Å². The smallest absolute Gasteiger partial charge is 0.264 e. The van der Waals surface area contributed by atoms with Crippen molar-refractivity contribution >= 4 is 21.6 Å². The number of ether oxygens (including phenoxy) is 4. The van der Waals surface area contributed by atoms with E-state index in [1.54, 1.807) is 30.3 Å². The number of anilines is 1. The van der Waals surface area contributed by atoms with Crippen LogP contribution in [0.5, 0.6) is 23.0 Å². The van der Waals surface area contributed by atoms with Crippen molar-refractivity contribution in [2.24, 2.45) is 0 Å². The lowest BCUT2D eigenvalue weighted by Gasteiger charge is -2.35. The number of carbonyl (C=O) groups is 1. The van der Waals surface area contributed by atoms with Crippen molar-refractivity contribution in [2.45, 2.75) is 11.4 Å². The van der Waals surface area contributed by atoms with Gasteiger partial charge in [0.2, 0.25) is 6.79 Å². The Morgan fingerprint density at radius 3 is 2.26 bits per heavy atom. The van der Waals surface area contributed by atoms with Crippen LogP contribution in [0.4, 0.5) is 5.69 Å². The third kappa shape index (κ3) is 5.45. The van der Waals surface area contributed by atoms with Gasteiger partial charge in [0.15, 0.2) is 23.0 Å². The van der Waals surface area contributed by atoms with Crippen molar-refractivity contribution in [3.63, 3.8) is 0 Å². The molecular weight excluding hydrogens is 522 g/mol. The number of sulfonamides is 1. The largest absolute Gasteiger partial charge is 0.493 e. The van der Waals surface area contributed by atoms with Gasteiger partial charge >= 0.3 is 0 Å². The molecule has 206 valence electrons. The summed E-state index contributed by atoms with van der Waals surface area (Å²) < 4.78 is 48.9. The Morgan fingerprint density at radius 1 is 0.872 bits per heavy atom. The summed E-state index contributed by atoms with van der Waals surface area (Å²) in [6.07, 6.45) is 0. The van der Waals surface area contributed by atoms with Crippen molar-refractivity contribution in [2.75, 3.05) is 58.5 Å². The predicted octanol–water partition coefficient (Wildman–Crippen LogP) is 3.22. The van der Waals surface area contributed by atoms with Crippen LogP contribution in [0, 0.1) is 0 Å². The molecule has 0 radical (unpaired) electrons. The number of methoxy groups -OCH3 is 2. The van der Waals surface area contributed by atoms with E-state index in [0.29, 0.717) is 35.8 Å². The van der Waals surface area contributed by atoms with Crippen LogP contribution in [0.3, 0.4) is 0 Å². The van der Waals surface area contributed by atoms with E-state index >= 15 is 0 Å². The fourth-order valence-electron chi connectivity index (χ4n) is 4.68. The molecule has 5 rings (SSSR count). The maximum Gasteiger partial charge on any atom is 0.264 e. The Bertz CT molecular complexity index is 1450. The number of piperazine rings is 1. The zero-order chi connectivity index (χ0) is 27.6. The zero-order valence-corrected chi connectivity index (χ0v) is 22.9. The summed E-state index contributed by atoms with van der Waals surface area (Å²) in [5.41, 5.74) is 2.09. The number of carbonyl (C=O) groups excluding carboxylic acids is 1. The second-order valence-electron chi connectivity index (χ2n) is 9.29. The third-order valence-electron chi connectivity index (χ3n) is 6.99. The lowest BCUT2D eigenvalue weighted by molar-refractivity contribution is 0.0628. The van der Waals surface area contributed by atoms with E-state index in [9.17, 15) is 13.2 Å². The topological polar surface area (TPSA) is 97.9 Å². The lowest BCUT2D eigenvalue weighted by Crippen LogP contribution is -2.48. The number of nitrogens with zero attached hydrogens (tertiary/aromatic N) is 3. The van der Waals surface area contributed by atoms with Gasteiger partial charge in [-0.2, -0.15) is 0 Å².